The molecule has 1 aromatic rings. The molecule has 15 heavy (non-hydrogen) atoms. The fourth-order valence-corrected chi connectivity index (χ4v) is 1.77. The number of halogens is 2. The lowest BCUT2D eigenvalue weighted by Gasteiger charge is -2.06. The number of hydrogen-bond donors (Lipinski definition) is 1. The van der Waals surface area contributed by atoms with Gasteiger partial charge in [-0.05, 0) is 12.1 Å². The average Bonchev–Trinajstić information content (AvgIpc) is 2.21. The predicted molar refractivity (Wildman–Crippen MR) is 62.9 cm³/mol. The van der Waals surface area contributed by atoms with Gasteiger partial charge in [-0.25, -0.2) is 4.39 Å². The second kappa shape index (κ2) is 6.00. The molecule has 0 amide bonds. The molecule has 2 N–H and O–H groups in total. The molecule has 0 spiro atoms. The molecule has 1 rings (SSSR count). The van der Waals surface area contributed by atoms with Crippen molar-refractivity contribution < 1.29 is 9.13 Å². The second-order valence-corrected chi connectivity index (χ2v) is 3.95. The van der Waals surface area contributed by atoms with Crippen LogP contribution in [0.1, 0.15) is 11.1 Å². The molecule has 0 aromatic heterocycles. The largest absolute Gasteiger partial charge is 0.380 e. The molecular weight excluding hydrogens is 261 g/mol. The van der Waals surface area contributed by atoms with E-state index in [1.165, 1.54) is 7.11 Å². The van der Waals surface area contributed by atoms with E-state index in [0.29, 0.717) is 17.7 Å². The number of hydrogen-bond acceptors (Lipinski definition) is 2. The van der Waals surface area contributed by atoms with E-state index in [4.69, 9.17) is 10.5 Å². The van der Waals surface area contributed by atoms with E-state index in [-0.39, 0.29) is 12.4 Å². The van der Waals surface area contributed by atoms with Gasteiger partial charge < -0.3 is 10.5 Å². The van der Waals surface area contributed by atoms with Gasteiger partial charge in [0.05, 0.1) is 6.61 Å². The topological polar surface area (TPSA) is 35.2 Å². The SMILES string of the molecule is COCc1cc(Br)cc(/C=C/CN)c1F. The molecule has 0 aliphatic heterocycles. The zero-order chi connectivity index (χ0) is 11.3. The third-order valence-corrected chi connectivity index (χ3v) is 2.33. The summed E-state index contributed by atoms with van der Waals surface area (Å²) in [6, 6.07) is 3.42. The maximum atomic E-state index is 13.8. The Morgan fingerprint density at radius 2 is 2.27 bits per heavy atom. The van der Waals surface area contributed by atoms with E-state index in [9.17, 15) is 4.39 Å². The van der Waals surface area contributed by atoms with Crippen molar-refractivity contribution in [3.63, 3.8) is 0 Å². The molecule has 0 radical (unpaired) electrons. The maximum Gasteiger partial charge on any atom is 0.136 e. The predicted octanol–water partition coefficient (Wildman–Crippen LogP) is 2.71. The van der Waals surface area contributed by atoms with Crippen LogP contribution in [-0.4, -0.2) is 13.7 Å². The first-order valence-electron chi connectivity index (χ1n) is 4.52. The Balaban J connectivity index is 3.09. The van der Waals surface area contributed by atoms with E-state index >= 15 is 0 Å². The van der Waals surface area contributed by atoms with Crippen molar-refractivity contribution in [2.75, 3.05) is 13.7 Å². The Hall–Kier alpha value is -0.710. The summed E-state index contributed by atoms with van der Waals surface area (Å²) in [5.74, 6) is -0.259. The molecule has 4 heteroatoms. The number of nitrogens with two attached hydrogens (primary N) is 1. The summed E-state index contributed by atoms with van der Waals surface area (Å²) in [5.41, 5.74) is 6.36. The van der Waals surface area contributed by atoms with Crippen molar-refractivity contribution in [2.45, 2.75) is 6.61 Å². The summed E-state index contributed by atoms with van der Waals surface area (Å²) in [6.45, 7) is 0.653. The van der Waals surface area contributed by atoms with E-state index < -0.39 is 0 Å². The lowest BCUT2D eigenvalue weighted by molar-refractivity contribution is 0.181. The summed E-state index contributed by atoms with van der Waals surface area (Å²) >= 11 is 3.32. The molecule has 0 atom stereocenters. The number of methoxy groups -OCH3 is 1. The van der Waals surface area contributed by atoms with Crippen molar-refractivity contribution in [1.29, 1.82) is 0 Å². The van der Waals surface area contributed by atoms with Gasteiger partial charge in [-0.15, -0.1) is 0 Å². The lowest BCUT2D eigenvalue weighted by atomic mass is 10.1. The molecule has 0 aliphatic rings. The first-order chi connectivity index (χ1) is 7.19. The van der Waals surface area contributed by atoms with E-state index in [2.05, 4.69) is 15.9 Å². The third-order valence-electron chi connectivity index (χ3n) is 1.87. The molecule has 0 bridgehead atoms. The van der Waals surface area contributed by atoms with Gasteiger partial charge in [0.1, 0.15) is 5.82 Å². The van der Waals surface area contributed by atoms with E-state index in [1.807, 2.05) is 0 Å². The van der Waals surface area contributed by atoms with Crippen LogP contribution in [0.3, 0.4) is 0 Å². The van der Waals surface area contributed by atoms with Crippen LogP contribution in [-0.2, 0) is 11.3 Å². The molecule has 0 saturated carbocycles. The highest BCUT2D eigenvalue weighted by atomic mass is 79.9. The highest BCUT2D eigenvalue weighted by Gasteiger charge is 2.07. The van der Waals surface area contributed by atoms with E-state index in [1.54, 1.807) is 24.3 Å². The van der Waals surface area contributed by atoms with Crippen molar-refractivity contribution in [2.24, 2.45) is 5.73 Å². The smallest absolute Gasteiger partial charge is 0.136 e. The number of rotatable bonds is 4. The van der Waals surface area contributed by atoms with Gasteiger partial charge in [-0.1, -0.05) is 28.1 Å². The van der Waals surface area contributed by atoms with Gasteiger partial charge in [0, 0.05) is 29.3 Å². The monoisotopic (exact) mass is 273 g/mol. The van der Waals surface area contributed by atoms with Crippen LogP contribution in [0.15, 0.2) is 22.7 Å². The minimum atomic E-state index is -0.259. The Morgan fingerprint density at radius 1 is 1.53 bits per heavy atom. The third kappa shape index (κ3) is 3.41. The minimum absolute atomic E-state index is 0.259. The van der Waals surface area contributed by atoms with Crippen molar-refractivity contribution >= 4 is 22.0 Å². The van der Waals surface area contributed by atoms with Gasteiger partial charge in [0.2, 0.25) is 0 Å². The number of benzene rings is 1. The van der Waals surface area contributed by atoms with Crippen LogP contribution in [0.25, 0.3) is 6.08 Å². The fourth-order valence-electron chi connectivity index (χ4n) is 1.25. The summed E-state index contributed by atoms with van der Waals surface area (Å²) in [5, 5.41) is 0. The zero-order valence-electron chi connectivity index (χ0n) is 8.47. The summed E-state index contributed by atoms with van der Waals surface area (Å²) < 4.78 is 19.5. The lowest BCUT2D eigenvalue weighted by Crippen LogP contribution is -1.97. The highest BCUT2D eigenvalue weighted by Crippen LogP contribution is 2.22. The van der Waals surface area contributed by atoms with Crippen LogP contribution in [0.4, 0.5) is 4.39 Å². The van der Waals surface area contributed by atoms with Crippen molar-refractivity contribution in [3.05, 3.63) is 39.6 Å². The molecule has 1 aromatic carbocycles. The Morgan fingerprint density at radius 3 is 2.87 bits per heavy atom. The molecule has 0 heterocycles. The first-order valence-corrected chi connectivity index (χ1v) is 5.31. The molecule has 82 valence electrons. The average molecular weight is 274 g/mol. The summed E-state index contributed by atoms with van der Waals surface area (Å²) in [4.78, 5) is 0. The molecule has 2 nitrogen and oxygen atoms in total. The van der Waals surface area contributed by atoms with Gasteiger partial charge in [-0.3, -0.25) is 0 Å². The standard InChI is InChI=1S/C11H13BrFNO/c1-15-7-9-6-10(12)5-8(11(9)13)3-2-4-14/h2-3,5-6H,4,7,14H2,1H3/b3-2+. The van der Waals surface area contributed by atoms with Crippen molar-refractivity contribution in [3.8, 4) is 0 Å². The molecule has 0 aliphatic carbocycles. The quantitative estimate of drug-likeness (QED) is 0.916. The fraction of sp³-hybridized carbons (Fsp3) is 0.273. The van der Waals surface area contributed by atoms with Gasteiger partial charge >= 0.3 is 0 Å². The molecule has 0 fully saturated rings. The second-order valence-electron chi connectivity index (χ2n) is 3.04. The van der Waals surface area contributed by atoms with E-state index in [0.717, 1.165) is 4.47 Å². The molecule has 0 saturated heterocycles. The Bertz CT molecular complexity index is 366. The summed E-state index contributed by atoms with van der Waals surface area (Å²) in [6.07, 6.45) is 3.38. The minimum Gasteiger partial charge on any atom is -0.380 e. The van der Waals surface area contributed by atoms with Crippen LogP contribution in [0.2, 0.25) is 0 Å². The van der Waals surface area contributed by atoms with Crippen LogP contribution >= 0.6 is 15.9 Å². The normalized spacial score (nSPS) is 11.2. The van der Waals surface area contributed by atoms with Crippen LogP contribution in [0, 0.1) is 5.82 Å². The molecular formula is C11H13BrFNO. The van der Waals surface area contributed by atoms with Crippen LogP contribution < -0.4 is 5.73 Å². The van der Waals surface area contributed by atoms with Gasteiger partial charge in [0.25, 0.3) is 0 Å². The van der Waals surface area contributed by atoms with Crippen LogP contribution in [0.5, 0.6) is 0 Å². The van der Waals surface area contributed by atoms with Crippen molar-refractivity contribution in [1.82, 2.24) is 0 Å². The Kier molecular flexibility index (Phi) is 4.94. The molecule has 0 unspecified atom stereocenters. The highest BCUT2D eigenvalue weighted by molar-refractivity contribution is 9.10. The first kappa shape index (κ1) is 12.4. The Labute approximate surface area is 97.1 Å². The zero-order valence-corrected chi connectivity index (χ0v) is 10.1. The van der Waals surface area contributed by atoms with Gasteiger partial charge in [0.15, 0.2) is 0 Å². The summed E-state index contributed by atoms with van der Waals surface area (Å²) in [7, 11) is 1.54. The maximum absolute atomic E-state index is 13.8. The van der Waals surface area contributed by atoms with Gasteiger partial charge in [-0.2, -0.15) is 0 Å². The number of ether oxygens (including phenoxy) is 1.